The standard InChI is InChI=1S/C12H17N3O3/c13-12(14-18)9-3-1-2-8(4-9)5-15-6-10(16)11(17)7-15/h1-4,10-11,16-18H,5-7H2,(H2,13,14). The second-order valence-corrected chi connectivity index (χ2v) is 4.51. The lowest BCUT2D eigenvalue weighted by Crippen LogP contribution is -2.22. The van der Waals surface area contributed by atoms with E-state index in [1.807, 2.05) is 23.1 Å². The van der Waals surface area contributed by atoms with Crippen LogP contribution in [0.3, 0.4) is 0 Å². The molecule has 1 aliphatic rings. The molecule has 2 rings (SSSR count). The van der Waals surface area contributed by atoms with Crippen LogP contribution in [0.15, 0.2) is 29.4 Å². The van der Waals surface area contributed by atoms with Gasteiger partial charge in [0.1, 0.15) is 0 Å². The number of oxime groups is 1. The Bertz CT molecular complexity index is 440. The molecule has 2 atom stereocenters. The molecule has 6 nitrogen and oxygen atoms in total. The molecule has 0 aliphatic carbocycles. The molecule has 1 heterocycles. The number of β-amino-alcohol motifs (C(OH)–C–C–N with tert-alkyl or cyclic N) is 2. The molecule has 1 fully saturated rings. The summed E-state index contributed by atoms with van der Waals surface area (Å²) in [6, 6.07) is 7.33. The summed E-state index contributed by atoms with van der Waals surface area (Å²) in [5.41, 5.74) is 7.16. The van der Waals surface area contributed by atoms with E-state index < -0.39 is 12.2 Å². The van der Waals surface area contributed by atoms with Crippen molar-refractivity contribution in [2.45, 2.75) is 18.8 Å². The molecule has 5 N–H and O–H groups in total. The van der Waals surface area contributed by atoms with E-state index in [1.165, 1.54) is 0 Å². The maximum absolute atomic E-state index is 9.46. The molecule has 6 heteroatoms. The van der Waals surface area contributed by atoms with Crippen LogP contribution in [0.25, 0.3) is 0 Å². The van der Waals surface area contributed by atoms with Crippen LogP contribution in [0, 0.1) is 0 Å². The van der Waals surface area contributed by atoms with E-state index >= 15 is 0 Å². The van der Waals surface area contributed by atoms with Gasteiger partial charge >= 0.3 is 0 Å². The molecule has 98 valence electrons. The highest BCUT2D eigenvalue weighted by Crippen LogP contribution is 2.15. The molecule has 2 unspecified atom stereocenters. The summed E-state index contributed by atoms with van der Waals surface area (Å²) >= 11 is 0. The van der Waals surface area contributed by atoms with Crippen molar-refractivity contribution in [3.05, 3.63) is 35.4 Å². The zero-order chi connectivity index (χ0) is 13.1. The summed E-state index contributed by atoms with van der Waals surface area (Å²) < 4.78 is 0. The predicted octanol–water partition coefficient (Wildman–Crippen LogP) is -0.682. The fraction of sp³-hybridized carbons (Fsp3) is 0.417. The van der Waals surface area contributed by atoms with Crippen molar-refractivity contribution >= 4 is 5.84 Å². The molecule has 1 aromatic rings. The van der Waals surface area contributed by atoms with Crippen molar-refractivity contribution in [2.24, 2.45) is 10.9 Å². The quantitative estimate of drug-likeness (QED) is 0.247. The Balaban J connectivity index is 2.06. The van der Waals surface area contributed by atoms with Gasteiger partial charge in [0.2, 0.25) is 0 Å². The summed E-state index contributed by atoms with van der Waals surface area (Å²) in [7, 11) is 0. The molecular formula is C12H17N3O3. The third-order valence-corrected chi connectivity index (χ3v) is 3.07. The zero-order valence-corrected chi connectivity index (χ0v) is 9.90. The lowest BCUT2D eigenvalue weighted by atomic mass is 10.1. The normalized spacial score (nSPS) is 25.6. The van der Waals surface area contributed by atoms with Gasteiger partial charge in [0.15, 0.2) is 5.84 Å². The van der Waals surface area contributed by atoms with Gasteiger partial charge in [0.25, 0.3) is 0 Å². The maximum Gasteiger partial charge on any atom is 0.170 e. The number of rotatable bonds is 3. The van der Waals surface area contributed by atoms with E-state index in [1.54, 1.807) is 6.07 Å². The minimum absolute atomic E-state index is 0.0679. The lowest BCUT2D eigenvalue weighted by Gasteiger charge is -2.15. The van der Waals surface area contributed by atoms with Crippen LogP contribution in [0.1, 0.15) is 11.1 Å². The number of benzene rings is 1. The Kier molecular flexibility index (Phi) is 3.81. The van der Waals surface area contributed by atoms with Crippen LogP contribution in [-0.4, -0.2) is 51.5 Å². The summed E-state index contributed by atoms with van der Waals surface area (Å²) in [6.07, 6.45) is -1.37. The molecule has 1 saturated heterocycles. The van der Waals surface area contributed by atoms with Crippen molar-refractivity contribution in [3.8, 4) is 0 Å². The SMILES string of the molecule is N/C(=N/O)c1cccc(CN2CC(O)C(O)C2)c1. The van der Waals surface area contributed by atoms with Gasteiger partial charge in [0.05, 0.1) is 12.2 Å². The highest BCUT2D eigenvalue weighted by molar-refractivity contribution is 5.97. The third-order valence-electron chi connectivity index (χ3n) is 3.07. The average molecular weight is 251 g/mol. The molecule has 18 heavy (non-hydrogen) atoms. The average Bonchev–Trinajstić information content (AvgIpc) is 2.67. The Hall–Kier alpha value is -1.63. The maximum atomic E-state index is 9.46. The minimum atomic E-state index is -0.683. The monoisotopic (exact) mass is 251 g/mol. The number of amidine groups is 1. The third kappa shape index (κ3) is 2.79. The first-order valence-electron chi connectivity index (χ1n) is 5.75. The zero-order valence-electron chi connectivity index (χ0n) is 9.90. The van der Waals surface area contributed by atoms with Crippen molar-refractivity contribution < 1.29 is 15.4 Å². The van der Waals surface area contributed by atoms with Crippen LogP contribution in [0.2, 0.25) is 0 Å². The van der Waals surface area contributed by atoms with E-state index in [4.69, 9.17) is 10.9 Å². The van der Waals surface area contributed by atoms with Crippen molar-refractivity contribution in [3.63, 3.8) is 0 Å². The number of nitrogens with zero attached hydrogens (tertiary/aromatic N) is 2. The van der Waals surface area contributed by atoms with Crippen molar-refractivity contribution in [1.82, 2.24) is 4.90 Å². The second kappa shape index (κ2) is 5.34. The number of hydrogen-bond donors (Lipinski definition) is 4. The van der Waals surface area contributed by atoms with E-state index in [-0.39, 0.29) is 5.84 Å². The Labute approximate surface area is 105 Å². The van der Waals surface area contributed by atoms with Gasteiger partial charge in [-0.15, -0.1) is 0 Å². The molecule has 0 radical (unpaired) electrons. The Morgan fingerprint density at radius 1 is 1.33 bits per heavy atom. The topological polar surface area (TPSA) is 102 Å². The number of hydrogen-bond acceptors (Lipinski definition) is 5. The van der Waals surface area contributed by atoms with Gasteiger partial charge < -0.3 is 21.2 Å². The van der Waals surface area contributed by atoms with Crippen LogP contribution < -0.4 is 5.73 Å². The number of aliphatic hydroxyl groups is 2. The van der Waals surface area contributed by atoms with Crippen molar-refractivity contribution in [1.29, 1.82) is 0 Å². The fourth-order valence-electron chi connectivity index (χ4n) is 2.12. The van der Waals surface area contributed by atoms with Gasteiger partial charge in [-0.25, -0.2) is 0 Å². The first kappa shape index (κ1) is 12.8. The number of likely N-dealkylation sites (tertiary alicyclic amines) is 1. The van der Waals surface area contributed by atoms with Crippen molar-refractivity contribution in [2.75, 3.05) is 13.1 Å². The van der Waals surface area contributed by atoms with Gasteiger partial charge in [-0.3, -0.25) is 4.90 Å². The summed E-state index contributed by atoms with van der Waals surface area (Å²) in [4.78, 5) is 1.96. The van der Waals surface area contributed by atoms with E-state index in [9.17, 15) is 10.2 Å². The van der Waals surface area contributed by atoms with E-state index in [2.05, 4.69) is 5.16 Å². The lowest BCUT2D eigenvalue weighted by molar-refractivity contribution is 0.0572. The summed E-state index contributed by atoms with van der Waals surface area (Å²) in [5.74, 6) is 0.0679. The second-order valence-electron chi connectivity index (χ2n) is 4.51. The minimum Gasteiger partial charge on any atom is -0.409 e. The van der Waals surface area contributed by atoms with Gasteiger partial charge in [-0.1, -0.05) is 23.4 Å². The molecular weight excluding hydrogens is 234 g/mol. The summed E-state index contributed by atoms with van der Waals surface area (Å²) in [5, 5.41) is 30.5. The largest absolute Gasteiger partial charge is 0.409 e. The Morgan fingerprint density at radius 3 is 2.61 bits per heavy atom. The number of nitrogens with two attached hydrogens (primary N) is 1. The first-order valence-corrected chi connectivity index (χ1v) is 5.75. The van der Waals surface area contributed by atoms with Gasteiger partial charge in [-0.05, 0) is 11.6 Å². The molecule has 0 spiro atoms. The fourth-order valence-corrected chi connectivity index (χ4v) is 2.12. The Morgan fingerprint density at radius 2 is 2.00 bits per heavy atom. The van der Waals surface area contributed by atoms with Crippen LogP contribution in [-0.2, 0) is 6.54 Å². The van der Waals surface area contributed by atoms with E-state index in [0.717, 1.165) is 5.56 Å². The molecule has 0 saturated carbocycles. The highest BCUT2D eigenvalue weighted by atomic mass is 16.4. The molecule has 0 aromatic heterocycles. The molecule has 1 aromatic carbocycles. The number of aliphatic hydroxyl groups excluding tert-OH is 2. The van der Waals surface area contributed by atoms with Crippen LogP contribution >= 0.6 is 0 Å². The molecule has 1 aliphatic heterocycles. The van der Waals surface area contributed by atoms with Crippen LogP contribution in [0.4, 0.5) is 0 Å². The predicted molar refractivity (Wildman–Crippen MR) is 66.2 cm³/mol. The first-order chi connectivity index (χ1) is 8.60. The molecule has 0 amide bonds. The highest BCUT2D eigenvalue weighted by Gasteiger charge is 2.29. The van der Waals surface area contributed by atoms with Crippen LogP contribution in [0.5, 0.6) is 0 Å². The van der Waals surface area contributed by atoms with E-state index in [0.29, 0.717) is 25.2 Å². The van der Waals surface area contributed by atoms with Gasteiger partial charge in [-0.2, -0.15) is 0 Å². The molecule has 0 bridgehead atoms. The summed E-state index contributed by atoms with van der Waals surface area (Å²) in [6.45, 7) is 1.52. The van der Waals surface area contributed by atoms with Gasteiger partial charge in [0, 0.05) is 25.2 Å². The smallest absolute Gasteiger partial charge is 0.170 e.